The number of hydrogen-bond donors (Lipinski definition) is 1. The van der Waals surface area contributed by atoms with Crippen molar-refractivity contribution in [3.05, 3.63) is 46.7 Å². The lowest BCUT2D eigenvalue weighted by atomic mass is 10.1. The van der Waals surface area contributed by atoms with Crippen LogP contribution in [0.5, 0.6) is 0 Å². The maximum absolute atomic E-state index is 12.6. The number of rotatable bonds is 4. The van der Waals surface area contributed by atoms with Crippen LogP contribution < -0.4 is 5.32 Å². The minimum absolute atomic E-state index is 0.261. The van der Waals surface area contributed by atoms with E-state index in [1.807, 2.05) is 13.8 Å². The molecule has 0 radical (unpaired) electrons. The average molecular weight is 318 g/mol. The first-order valence-electron chi connectivity index (χ1n) is 6.42. The number of hydrogen-bond acceptors (Lipinski definition) is 2. The highest BCUT2D eigenvalue weighted by Gasteiger charge is 2.33. The Kier molecular flexibility index (Phi) is 4.58. The van der Waals surface area contributed by atoms with Crippen LogP contribution in [-0.4, -0.2) is 15.8 Å². The van der Waals surface area contributed by atoms with Gasteiger partial charge in [0.25, 0.3) is 0 Å². The van der Waals surface area contributed by atoms with Crippen LogP contribution in [0, 0.1) is 0 Å². The van der Waals surface area contributed by atoms with Gasteiger partial charge in [0.15, 0.2) is 5.69 Å². The van der Waals surface area contributed by atoms with Gasteiger partial charge in [0.2, 0.25) is 0 Å². The van der Waals surface area contributed by atoms with E-state index >= 15 is 0 Å². The summed E-state index contributed by atoms with van der Waals surface area (Å²) in [4.78, 5) is 0. The molecular formula is C14H15ClF3N3. The minimum atomic E-state index is -4.46. The van der Waals surface area contributed by atoms with Gasteiger partial charge in [0, 0.05) is 23.8 Å². The topological polar surface area (TPSA) is 29.9 Å². The van der Waals surface area contributed by atoms with Crippen molar-refractivity contribution in [3.8, 4) is 5.69 Å². The molecule has 0 atom stereocenters. The Hall–Kier alpha value is -1.53. The fourth-order valence-electron chi connectivity index (χ4n) is 1.82. The van der Waals surface area contributed by atoms with Crippen molar-refractivity contribution in [1.29, 1.82) is 0 Å². The van der Waals surface area contributed by atoms with Crippen molar-refractivity contribution in [1.82, 2.24) is 15.1 Å². The first-order valence-corrected chi connectivity index (χ1v) is 6.80. The molecule has 0 spiro atoms. The summed E-state index contributed by atoms with van der Waals surface area (Å²) in [5.74, 6) is 0. The van der Waals surface area contributed by atoms with Crippen LogP contribution in [0.15, 0.2) is 30.5 Å². The molecular weight excluding hydrogens is 303 g/mol. The van der Waals surface area contributed by atoms with Gasteiger partial charge in [-0.15, -0.1) is 0 Å². The highest BCUT2D eigenvalue weighted by molar-refractivity contribution is 6.30. The second-order valence-electron chi connectivity index (χ2n) is 4.95. The van der Waals surface area contributed by atoms with Gasteiger partial charge in [-0.3, -0.25) is 0 Å². The van der Waals surface area contributed by atoms with Crippen LogP contribution in [0.1, 0.15) is 25.1 Å². The molecule has 2 rings (SSSR count). The second kappa shape index (κ2) is 6.07. The Balaban J connectivity index is 2.37. The third kappa shape index (κ3) is 3.98. The molecule has 1 heterocycles. The number of aromatic nitrogens is 2. The van der Waals surface area contributed by atoms with E-state index < -0.39 is 11.9 Å². The zero-order chi connectivity index (χ0) is 15.6. The SMILES string of the molecule is CC(C)NCc1ccc(Cl)cc1-n1ccc(C(F)(F)F)n1. The minimum Gasteiger partial charge on any atom is -0.310 e. The van der Waals surface area contributed by atoms with E-state index in [-0.39, 0.29) is 6.04 Å². The molecule has 114 valence electrons. The monoisotopic (exact) mass is 317 g/mol. The Labute approximate surface area is 125 Å². The van der Waals surface area contributed by atoms with Crippen LogP contribution in [0.25, 0.3) is 5.69 Å². The summed E-state index contributed by atoms with van der Waals surface area (Å²) in [5, 5.41) is 7.25. The largest absolute Gasteiger partial charge is 0.435 e. The Morgan fingerprint density at radius 1 is 1.29 bits per heavy atom. The van der Waals surface area contributed by atoms with Gasteiger partial charge in [-0.05, 0) is 23.8 Å². The molecule has 0 unspecified atom stereocenters. The summed E-state index contributed by atoms with van der Waals surface area (Å²) in [6.45, 7) is 4.50. The fraction of sp³-hybridized carbons (Fsp3) is 0.357. The smallest absolute Gasteiger partial charge is 0.310 e. The van der Waals surface area contributed by atoms with E-state index in [2.05, 4.69) is 10.4 Å². The van der Waals surface area contributed by atoms with E-state index in [0.717, 1.165) is 11.6 Å². The Morgan fingerprint density at radius 2 is 2.00 bits per heavy atom. The molecule has 0 aliphatic carbocycles. The molecule has 2 aromatic rings. The number of nitrogens with zero attached hydrogens (tertiary/aromatic N) is 2. The van der Waals surface area contributed by atoms with Crippen LogP contribution in [0.3, 0.4) is 0 Å². The molecule has 0 aliphatic heterocycles. The third-order valence-electron chi connectivity index (χ3n) is 2.87. The predicted molar refractivity (Wildman–Crippen MR) is 75.6 cm³/mol. The lowest BCUT2D eigenvalue weighted by molar-refractivity contribution is -0.141. The van der Waals surface area contributed by atoms with Crippen molar-refractivity contribution >= 4 is 11.6 Å². The molecule has 0 saturated carbocycles. The van der Waals surface area contributed by atoms with Gasteiger partial charge in [0.05, 0.1) is 5.69 Å². The highest BCUT2D eigenvalue weighted by atomic mass is 35.5. The third-order valence-corrected chi connectivity index (χ3v) is 3.11. The molecule has 1 aromatic heterocycles. The normalized spacial score (nSPS) is 12.1. The van der Waals surface area contributed by atoms with Crippen molar-refractivity contribution in [3.63, 3.8) is 0 Å². The Bertz CT molecular complexity index is 620. The molecule has 0 amide bonds. The van der Waals surface area contributed by atoms with Gasteiger partial charge in [-0.2, -0.15) is 18.3 Å². The van der Waals surface area contributed by atoms with E-state index in [9.17, 15) is 13.2 Å². The molecule has 7 heteroatoms. The molecule has 1 N–H and O–H groups in total. The fourth-order valence-corrected chi connectivity index (χ4v) is 1.99. The van der Waals surface area contributed by atoms with Crippen molar-refractivity contribution < 1.29 is 13.2 Å². The maximum atomic E-state index is 12.6. The van der Waals surface area contributed by atoms with Gasteiger partial charge in [-0.25, -0.2) is 4.68 Å². The van der Waals surface area contributed by atoms with Crippen LogP contribution >= 0.6 is 11.6 Å². The summed E-state index contributed by atoms with van der Waals surface area (Å²) in [5.41, 5.74) is 0.432. The van der Waals surface area contributed by atoms with Crippen molar-refractivity contribution in [2.75, 3.05) is 0 Å². The van der Waals surface area contributed by atoms with Gasteiger partial charge in [0.1, 0.15) is 0 Å². The van der Waals surface area contributed by atoms with E-state index in [1.54, 1.807) is 18.2 Å². The lowest BCUT2D eigenvalue weighted by Crippen LogP contribution is -2.22. The first-order chi connectivity index (χ1) is 9.77. The van der Waals surface area contributed by atoms with Gasteiger partial charge in [-0.1, -0.05) is 31.5 Å². The maximum Gasteiger partial charge on any atom is 0.435 e. The molecule has 0 bridgehead atoms. The second-order valence-corrected chi connectivity index (χ2v) is 5.39. The zero-order valence-corrected chi connectivity index (χ0v) is 12.3. The number of halogens is 4. The van der Waals surface area contributed by atoms with Gasteiger partial charge < -0.3 is 5.32 Å². The van der Waals surface area contributed by atoms with E-state index in [0.29, 0.717) is 17.3 Å². The van der Waals surface area contributed by atoms with Crippen LogP contribution in [0.2, 0.25) is 5.02 Å². The molecule has 0 saturated heterocycles. The zero-order valence-electron chi connectivity index (χ0n) is 11.6. The highest BCUT2D eigenvalue weighted by Crippen LogP contribution is 2.28. The molecule has 21 heavy (non-hydrogen) atoms. The predicted octanol–water partition coefficient (Wildman–Crippen LogP) is 4.04. The summed E-state index contributed by atoms with van der Waals surface area (Å²) < 4.78 is 39.1. The first kappa shape index (κ1) is 15.9. The average Bonchev–Trinajstić information content (AvgIpc) is 2.86. The van der Waals surface area contributed by atoms with Crippen molar-refractivity contribution in [2.24, 2.45) is 0 Å². The quantitative estimate of drug-likeness (QED) is 0.922. The number of alkyl halides is 3. The summed E-state index contributed by atoms with van der Waals surface area (Å²) in [6.07, 6.45) is -3.17. The number of benzene rings is 1. The van der Waals surface area contributed by atoms with Crippen molar-refractivity contribution in [2.45, 2.75) is 32.6 Å². The number of nitrogens with one attached hydrogen (secondary N) is 1. The summed E-state index contributed by atoms with van der Waals surface area (Å²) in [6, 6.07) is 6.29. The van der Waals surface area contributed by atoms with Crippen LogP contribution in [-0.2, 0) is 12.7 Å². The van der Waals surface area contributed by atoms with Crippen LogP contribution in [0.4, 0.5) is 13.2 Å². The summed E-state index contributed by atoms with van der Waals surface area (Å²) >= 11 is 5.94. The summed E-state index contributed by atoms with van der Waals surface area (Å²) in [7, 11) is 0. The molecule has 0 aliphatic rings. The van der Waals surface area contributed by atoms with Gasteiger partial charge >= 0.3 is 6.18 Å². The van der Waals surface area contributed by atoms with E-state index in [4.69, 9.17) is 11.6 Å². The standard InChI is InChI=1S/C14H15ClF3N3/c1-9(2)19-8-10-3-4-11(15)7-12(10)21-6-5-13(20-21)14(16,17)18/h3-7,9,19H,8H2,1-2H3. The Morgan fingerprint density at radius 3 is 2.57 bits per heavy atom. The van der Waals surface area contributed by atoms with E-state index in [1.165, 1.54) is 10.9 Å². The molecule has 3 nitrogen and oxygen atoms in total. The molecule has 0 fully saturated rings. The lowest BCUT2D eigenvalue weighted by Gasteiger charge is -2.13. The molecule has 1 aromatic carbocycles.